The molecule has 0 amide bonds. The molecular formula is C13H16ClFN2O3S. The molecule has 0 aromatic heterocycles. The van der Waals surface area contributed by atoms with Crippen LogP contribution in [0.25, 0.3) is 0 Å². The van der Waals surface area contributed by atoms with E-state index in [1.807, 2.05) is 6.07 Å². The molecule has 0 saturated carbocycles. The molecule has 0 aliphatic heterocycles. The number of rotatable bonds is 8. The monoisotopic (exact) mass is 334 g/mol. The lowest BCUT2D eigenvalue weighted by molar-refractivity contribution is 0.181. The van der Waals surface area contributed by atoms with Crippen LogP contribution in [0, 0.1) is 17.1 Å². The molecule has 8 heteroatoms. The average molecular weight is 335 g/mol. The first kappa shape index (κ1) is 17.9. The van der Waals surface area contributed by atoms with Crippen molar-refractivity contribution >= 4 is 21.6 Å². The van der Waals surface area contributed by atoms with Gasteiger partial charge in [0, 0.05) is 13.0 Å². The van der Waals surface area contributed by atoms with Gasteiger partial charge < -0.3 is 5.11 Å². The van der Waals surface area contributed by atoms with Crippen molar-refractivity contribution in [2.45, 2.75) is 25.4 Å². The summed E-state index contributed by atoms with van der Waals surface area (Å²) in [5.41, 5.74) is 0.240. The molecule has 0 bridgehead atoms. The first-order valence-corrected chi connectivity index (χ1v) is 8.36. The van der Waals surface area contributed by atoms with Gasteiger partial charge in [-0.3, -0.25) is 0 Å². The van der Waals surface area contributed by atoms with Gasteiger partial charge in [-0.2, -0.15) is 5.26 Å². The molecule has 116 valence electrons. The first-order valence-electron chi connectivity index (χ1n) is 6.33. The van der Waals surface area contributed by atoms with Crippen molar-refractivity contribution in [1.29, 1.82) is 5.26 Å². The molecule has 21 heavy (non-hydrogen) atoms. The van der Waals surface area contributed by atoms with E-state index in [0.29, 0.717) is 19.3 Å². The topological polar surface area (TPSA) is 90.2 Å². The number of aliphatic hydroxyl groups is 1. The molecule has 5 nitrogen and oxygen atoms in total. The zero-order valence-corrected chi connectivity index (χ0v) is 12.8. The van der Waals surface area contributed by atoms with Gasteiger partial charge in [-0.1, -0.05) is 17.7 Å². The molecule has 0 aliphatic carbocycles. The van der Waals surface area contributed by atoms with Crippen molar-refractivity contribution in [2.75, 3.05) is 12.3 Å². The third-order valence-electron chi connectivity index (χ3n) is 2.78. The lowest BCUT2D eigenvalue weighted by Crippen LogP contribution is -2.30. The largest absolute Gasteiger partial charge is 0.387 e. The van der Waals surface area contributed by atoms with Gasteiger partial charge >= 0.3 is 0 Å². The molecule has 1 aromatic rings. The Morgan fingerprint density at radius 1 is 1.43 bits per heavy atom. The van der Waals surface area contributed by atoms with Crippen molar-refractivity contribution in [3.63, 3.8) is 0 Å². The Kier molecular flexibility index (Phi) is 7.05. The molecule has 0 radical (unpaired) electrons. The summed E-state index contributed by atoms with van der Waals surface area (Å²) in [6.07, 6.45) is 0.0182. The maximum Gasteiger partial charge on any atom is 0.211 e. The van der Waals surface area contributed by atoms with Gasteiger partial charge in [-0.05, 0) is 30.5 Å². The summed E-state index contributed by atoms with van der Waals surface area (Å²) in [6.45, 7) is -0.248. The summed E-state index contributed by atoms with van der Waals surface area (Å²) in [5.74, 6) is -0.788. The van der Waals surface area contributed by atoms with E-state index in [0.717, 1.165) is 6.07 Å². The number of nitrogens with one attached hydrogen (secondary N) is 1. The Morgan fingerprint density at radius 3 is 2.76 bits per heavy atom. The molecule has 0 fully saturated rings. The molecular weight excluding hydrogens is 319 g/mol. The smallest absolute Gasteiger partial charge is 0.211 e. The van der Waals surface area contributed by atoms with Crippen LogP contribution in [0.4, 0.5) is 4.39 Å². The fourth-order valence-electron chi connectivity index (χ4n) is 1.61. The number of halogens is 2. The number of benzene rings is 1. The van der Waals surface area contributed by atoms with E-state index in [1.54, 1.807) is 0 Å². The quantitative estimate of drug-likeness (QED) is 0.712. The van der Waals surface area contributed by atoms with E-state index in [9.17, 15) is 17.9 Å². The van der Waals surface area contributed by atoms with Gasteiger partial charge in [0.05, 0.1) is 22.9 Å². The Hall–Kier alpha value is -1.20. The lowest BCUT2D eigenvalue weighted by Gasteiger charge is -2.13. The highest BCUT2D eigenvalue weighted by atomic mass is 35.5. The Labute approximate surface area is 128 Å². The van der Waals surface area contributed by atoms with Crippen molar-refractivity contribution < 1.29 is 17.9 Å². The Morgan fingerprint density at radius 2 is 2.14 bits per heavy atom. The first-order chi connectivity index (χ1) is 9.85. The summed E-state index contributed by atoms with van der Waals surface area (Å²) >= 11 is 5.53. The maximum absolute atomic E-state index is 13.2. The number of hydrogen-bond donors (Lipinski definition) is 2. The number of hydrogen-bond acceptors (Lipinski definition) is 4. The number of unbranched alkanes of at least 4 members (excludes halogenated alkanes) is 2. The minimum Gasteiger partial charge on any atom is -0.387 e. The van der Waals surface area contributed by atoms with E-state index >= 15 is 0 Å². The molecule has 2 N–H and O–H groups in total. The SMILES string of the molecule is N#CCCCCS(=O)(=O)NCC(O)c1ccc(Cl)c(F)c1. The summed E-state index contributed by atoms with van der Waals surface area (Å²) in [7, 11) is -3.52. The standard InChI is InChI=1S/C13H16ClFN2O3S/c14-11-5-4-10(8-12(11)15)13(18)9-17-21(19,20)7-3-1-2-6-16/h4-5,8,13,17-18H,1-3,7,9H2. The van der Waals surface area contributed by atoms with Crippen LogP contribution < -0.4 is 4.72 Å². The minimum absolute atomic E-state index is 0.0657. The third kappa shape index (κ3) is 6.40. The van der Waals surface area contributed by atoms with Gasteiger partial charge in [-0.15, -0.1) is 0 Å². The predicted octanol–water partition coefficient (Wildman–Crippen LogP) is 2.13. The van der Waals surface area contributed by atoms with Gasteiger partial charge in [0.25, 0.3) is 0 Å². The van der Waals surface area contributed by atoms with E-state index in [2.05, 4.69) is 4.72 Å². The third-order valence-corrected chi connectivity index (χ3v) is 4.52. The summed E-state index contributed by atoms with van der Waals surface area (Å²) in [4.78, 5) is 0. The van der Waals surface area contributed by atoms with E-state index in [4.69, 9.17) is 16.9 Å². The molecule has 1 unspecified atom stereocenters. The van der Waals surface area contributed by atoms with Gasteiger partial charge in [0.1, 0.15) is 5.82 Å². The molecule has 0 spiro atoms. The Balaban J connectivity index is 2.49. The molecule has 0 saturated heterocycles. The summed E-state index contributed by atoms with van der Waals surface area (Å²) in [6, 6.07) is 5.72. The average Bonchev–Trinajstić information content (AvgIpc) is 2.44. The fraction of sp³-hybridized carbons (Fsp3) is 0.462. The number of nitriles is 1. The molecule has 0 heterocycles. The highest BCUT2D eigenvalue weighted by Crippen LogP contribution is 2.20. The van der Waals surface area contributed by atoms with Gasteiger partial charge in [0.2, 0.25) is 10.0 Å². The predicted molar refractivity (Wildman–Crippen MR) is 77.6 cm³/mol. The van der Waals surface area contributed by atoms with Crippen molar-refractivity contribution in [3.8, 4) is 6.07 Å². The van der Waals surface area contributed by atoms with E-state index in [-0.39, 0.29) is 22.9 Å². The second-order valence-electron chi connectivity index (χ2n) is 4.47. The molecule has 0 aliphatic rings. The molecule has 1 rings (SSSR count). The van der Waals surface area contributed by atoms with Crippen LogP contribution >= 0.6 is 11.6 Å². The fourth-order valence-corrected chi connectivity index (χ4v) is 2.87. The Bertz CT molecular complexity index is 616. The van der Waals surface area contributed by atoms with Crippen molar-refractivity contribution in [3.05, 3.63) is 34.6 Å². The van der Waals surface area contributed by atoms with Crippen LogP contribution in [-0.2, 0) is 10.0 Å². The van der Waals surface area contributed by atoms with Crippen LogP contribution in [0.5, 0.6) is 0 Å². The number of aliphatic hydroxyl groups excluding tert-OH is 1. The number of nitrogens with zero attached hydrogens (tertiary/aromatic N) is 1. The van der Waals surface area contributed by atoms with E-state index < -0.39 is 21.9 Å². The molecule has 1 atom stereocenters. The minimum atomic E-state index is -3.52. The van der Waals surface area contributed by atoms with Crippen molar-refractivity contribution in [2.24, 2.45) is 0 Å². The van der Waals surface area contributed by atoms with Gasteiger partial charge in [-0.25, -0.2) is 17.5 Å². The van der Waals surface area contributed by atoms with Crippen molar-refractivity contribution in [1.82, 2.24) is 4.72 Å². The van der Waals surface area contributed by atoms with Crippen LogP contribution in [0.3, 0.4) is 0 Å². The maximum atomic E-state index is 13.2. The van der Waals surface area contributed by atoms with Crippen LogP contribution in [0.2, 0.25) is 5.02 Å². The second kappa shape index (κ2) is 8.29. The highest BCUT2D eigenvalue weighted by molar-refractivity contribution is 7.89. The van der Waals surface area contributed by atoms with Crippen LogP contribution in [-0.4, -0.2) is 25.8 Å². The van der Waals surface area contributed by atoms with E-state index in [1.165, 1.54) is 12.1 Å². The zero-order chi connectivity index (χ0) is 15.9. The van der Waals surface area contributed by atoms with Gasteiger partial charge in [0.15, 0.2) is 0 Å². The number of sulfonamides is 1. The highest BCUT2D eigenvalue weighted by Gasteiger charge is 2.15. The normalized spacial score (nSPS) is 12.9. The van der Waals surface area contributed by atoms with Crippen LogP contribution in [0.1, 0.15) is 30.9 Å². The zero-order valence-electron chi connectivity index (χ0n) is 11.2. The van der Waals surface area contributed by atoms with Crippen LogP contribution in [0.15, 0.2) is 18.2 Å². The summed E-state index contributed by atoms with van der Waals surface area (Å²) in [5, 5.41) is 18.1. The summed E-state index contributed by atoms with van der Waals surface area (Å²) < 4.78 is 38.8. The lowest BCUT2D eigenvalue weighted by atomic mass is 10.1. The second-order valence-corrected chi connectivity index (χ2v) is 6.81. The molecule has 1 aromatic carbocycles.